The maximum atomic E-state index is 5.47. The minimum atomic E-state index is 0.318. The van der Waals surface area contributed by atoms with Gasteiger partial charge in [-0.15, -0.1) is 5.10 Å². The molecule has 2 aliphatic rings. The van der Waals surface area contributed by atoms with Crippen molar-refractivity contribution >= 4 is 11.8 Å². The summed E-state index contributed by atoms with van der Waals surface area (Å²) in [5, 5.41) is 11.5. The molecule has 8 nitrogen and oxygen atoms in total. The third-order valence-electron chi connectivity index (χ3n) is 5.07. The Bertz CT molecular complexity index is 779. The van der Waals surface area contributed by atoms with Gasteiger partial charge in [-0.3, -0.25) is 4.90 Å². The molecule has 1 unspecified atom stereocenters. The first kappa shape index (κ1) is 17.8. The standard InChI is InChI=1S/C19H26N6O2/c1-3-14(2)21-19-22-18(11-20-23-19)25-8-6-24(7-9-25)12-15-4-5-16-17(10-15)27-13-26-16/h4-5,10-11,14H,3,6-9,12-13H2,1-2H3,(H,21,22,23). The molecule has 1 fully saturated rings. The zero-order valence-corrected chi connectivity index (χ0v) is 15.9. The number of ether oxygens (including phenoxy) is 2. The van der Waals surface area contributed by atoms with Crippen molar-refractivity contribution in [3.63, 3.8) is 0 Å². The molecule has 8 heteroatoms. The molecule has 4 rings (SSSR count). The number of rotatable bonds is 6. The summed E-state index contributed by atoms with van der Waals surface area (Å²) in [6.45, 7) is 9.28. The Morgan fingerprint density at radius 3 is 2.78 bits per heavy atom. The predicted molar refractivity (Wildman–Crippen MR) is 103 cm³/mol. The number of piperazine rings is 1. The van der Waals surface area contributed by atoms with E-state index in [2.05, 4.69) is 56.3 Å². The highest BCUT2D eigenvalue weighted by atomic mass is 16.7. The van der Waals surface area contributed by atoms with E-state index in [4.69, 9.17) is 9.47 Å². The van der Waals surface area contributed by atoms with E-state index in [1.807, 2.05) is 6.07 Å². The van der Waals surface area contributed by atoms with Crippen molar-refractivity contribution in [2.45, 2.75) is 32.9 Å². The molecule has 27 heavy (non-hydrogen) atoms. The van der Waals surface area contributed by atoms with Gasteiger partial charge in [-0.2, -0.15) is 10.1 Å². The van der Waals surface area contributed by atoms with Crippen molar-refractivity contribution in [1.29, 1.82) is 0 Å². The molecular formula is C19H26N6O2. The minimum absolute atomic E-state index is 0.318. The Balaban J connectivity index is 1.33. The number of nitrogens with zero attached hydrogens (tertiary/aromatic N) is 5. The normalized spacial score (nSPS) is 17.8. The first-order valence-corrected chi connectivity index (χ1v) is 9.53. The van der Waals surface area contributed by atoms with Crippen molar-refractivity contribution in [3.05, 3.63) is 30.0 Å². The summed E-state index contributed by atoms with van der Waals surface area (Å²) in [4.78, 5) is 9.34. The van der Waals surface area contributed by atoms with Crippen LogP contribution in [0.25, 0.3) is 0 Å². The summed E-state index contributed by atoms with van der Waals surface area (Å²) >= 11 is 0. The summed E-state index contributed by atoms with van der Waals surface area (Å²) in [5.41, 5.74) is 1.25. The van der Waals surface area contributed by atoms with E-state index in [1.165, 1.54) is 5.56 Å². The fraction of sp³-hybridized carbons (Fsp3) is 0.526. The fourth-order valence-electron chi connectivity index (χ4n) is 3.26. The smallest absolute Gasteiger partial charge is 0.244 e. The van der Waals surface area contributed by atoms with E-state index in [-0.39, 0.29) is 0 Å². The quantitative estimate of drug-likeness (QED) is 0.829. The third-order valence-corrected chi connectivity index (χ3v) is 5.07. The summed E-state index contributed by atoms with van der Waals surface area (Å²) in [5.74, 6) is 3.17. The van der Waals surface area contributed by atoms with Crippen LogP contribution in [0.5, 0.6) is 11.5 Å². The lowest BCUT2D eigenvalue weighted by Gasteiger charge is -2.35. The van der Waals surface area contributed by atoms with Gasteiger partial charge in [-0.1, -0.05) is 13.0 Å². The highest BCUT2D eigenvalue weighted by molar-refractivity contribution is 5.44. The molecule has 3 heterocycles. The van der Waals surface area contributed by atoms with Gasteiger partial charge >= 0.3 is 0 Å². The van der Waals surface area contributed by atoms with Gasteiger partial charge in [-0.05, 0) is 31.0 Å². The molecule has 0 saturated carbocycles. The van der Waals surface area contributed by atoms with Crippen LogP contribution in [0.1, 0.15) is 25.8 Å². The molecule has 2 aromatic rings. The van der Waals surface area contributed by atoms with Gasteiger partial charge in [0.2, 0.25) is 12.7 Å². The van der Waals surface area contributed by atoms with E-state index in [1.54, 1.807) is 6.20 Å². The number of hydrogen-bond acceptors (Lipinski definition) is 8. The van der Waals surface area contributed by atoms with E-state index >= 15 is 0 Å². The van der Waals surface area contributed by atoms with Crippen molar-refractivity contribution in [2.75, 3.05) is 43.2 Å². The van der Waals surface area contributed by atoms with Crippen LogP contribution in [-0.2, 0) is 6.54 Å². The third kappa shape index (κ3) is 4.21. The summed E-state index contributed by atoms with van der Waals surface area (Å²) in [7, 11) is 0. The van der Waals surface area contributed by atoms with Crippen LogP contribution in [0.15, 0.2) is 24.4 Å². The zero-order chi connectivity index (χ0) is 18.6. The average molecular weight is 370 g/mol. The molecule has 1 atom stereocenters. The average Bonchev–Trinajstić information content (AvgIpc) is 3.16. The summed E-state index contributed by atoms with van der Waals surface area (Å²) < 4.78 is 10.9. The second-order valence-electron chi connectivity index (χ2n) is 7.04. The molecule has 1 N–H and O–H groups in total. The van der Waals surface area contributed by atoms with Gasteiger partial charge in [0.15, 0.2) is 17.3 Å². The Labute approximate surface area is 159 Å². The van der Waals surface area contributed by atoms with Crippen LogP contribution in [-0.4, -0.2) is 59.1 Å². The first-order chi connectivity index (χ1) is 13.2. The molecule has 1 aromatic carbocycles. The van der Waals surface area contributed by atoms with Crippen molar-refractivity contribution in [2.24, 2.45) is 0 Å². The Hall–Kier alpha value is -2.61. The molecule has 0 amide bonds. The van der Waals surface area contributed by atoms with Gasteiger partial charge in [0.1, 0.15) is 0 Å². The highest BCUT2D eigenvalue weighted by Gasteiger charge is 2.20. The Morgan fingerprint density at radius 2 is 1.96 bits per heavy atom. The second kappa shape index (κ2) is 7.96. The number of anilines is 2. The molecular weight excluding hydrogens is 344 g/mol. The van der Waals surface area contributed by atoms with E-state index in [9.17, 15) is 0 Å². The predicted octanol–water partition coefficient (Wildman–Crippen LogP) is 2.13. The molecule has 2 aliphatic heterocycles. The molecule has 0 bridgehead atoms. The number of fused-ring (bicyclic) bond motifs is 1. The van der Waals surface area contributed by atoms with Gasteiger partial charge in [0, 0.05) is 38.8 Å². The second-order valence-corrected chi connectivity index (χ2v) is 7.04. The lowest BCUT2D eigenvalue weighted by molar-refractivity contribution is 0.174. The summed E-state index contributed by atoms with van der Waals surface area (Å²) in [6, 6.07) is 6.52. The van der Waals surface area contributed by atoms with Crippen molar-refractivity contribution in [1.82, 2.24) is 20.1 Å². The van der Waals surface area contributed by atoms with E-state index in [0.717, 1.165) is 56.5 Å². The van der Waals surface area contributed by atoms with Crippen LogP contribution < -0.4 is 19.7 Å². The molecule has 0 aliphatic carbocycles. The Morgan fingerprint density at radius 1 is 1.15 bits per heavy atom. The maximum absolute atomic E-state index is 5.47. The summed E-state index contributed by atoms with van der Waals surface area (Å²) in [6.07, 6.45) is 2.77. The topological polar surface area (TPSA) is 75.6 Å². The van der Waals surface area contributed by atoms with Crippen LogP contribution in [0.3, 0.4) is 0 Å². The molecule has 0 radical (unpaired) electrons. The minimum Gasteiger partial charge on any atom is -0.454 e. The van der Waals surface area contributed by atoms with Crippen molar-refractivity contribution in [3.8, 4) is 11.5 Å². The van der Waals surface area contributed by atoms with Crippen LogP contribution in [0, 0.1) is 0 Å². The van der Waals surface area contributed by atoms with E-state index in [0.29, 0.717) is 18.8 Å². The molecule has 0 spiro atoms. The lowest BCUT2D eigenvalue weighted by atomic mass is 10.1. The van der Waals surface area contributed by atoms with Crippen LogP contribution in [0.4, 0.5) is 11.8 Å². The lowest BCUT2D eigenvalue weighted by Crippen LogP contribution is -2.46. The molecule has 1 aromatic heterocycles. The fourth-order valence-corrected chi connectivity index (χ4v) is 3.26. The van der Waals surface area contributed by atoms with Crippen LogP contribution >= 0.6 is 0 Å². The van der Waals surface area contributed by atoms with Gasteiger partial charge in [0.05, 0.1) is 6.20 Å². The van der Waals surface area contributed by atoms with E-state index < -0.39 is 0 Å². The van der Waals surface area contributed by atoms with Gasteiger partial charge in [-0.25, -0.2) is 0 Å². The first-order valence-electron chi connectivity index (χ1n) is 9.53. The number of hydrogen-bond donors (Lipinski definition) is 1. The number of benzene rings is 1. The molecule has 1 saturated heterocycles. The monoisotopic (exact) mass is 370 g/mol. The van der Waals surface area contributed by atoms with Gasteiger partial charge < -0.3 is 19.7 Å². The van der Waals surface area contributed by atoms with Gasteiger partial charge in [0.25, 0.3) is 0 Å². The zero-order valence-electron chi connectivity index (χ0n) is 15.9. The Kier molecular flexibility index (Phi) is 5.24. The number of nitrogens with one attached hydrogen (secondary N) is 1. The number of aromatic nitrogens is 3. The maximum Gasteiger partial charge on any atom is 0.244 e. The largest absolute Gasteiger partial charge is 0.454 e. The SMILES string of the molecule is CCC(C)Nc1nncc(N2CCN(Cc3ccc4c(c3)OCO4)CC2)n1. The molecule has 144 valence electrons. The van der Waals surface area contributed by atoms with Crippen molar-refractivity contribution < 1.29 is 9.47 Å². The highest BCUT2D eigenvalue weighted by Crippen LogP contribution is 2.32. The van der Waals surface area contributed by atoms with Crippen LogP contribution in [0.2, 0.25) is 0 Å².